The molecule has 0 aromatic carbocycles. The van der Waals surface area contributed by atoms with Crippen LogP contribution in [0.25, 0.3) is 11.2 Å². The van der Waals surface area contributed by atoms with Gasteiger partial charge in [0.05, 0.1) is 5.56 Å². The Labute approximate surface area is 157 Å². The molecule has 0 spiro atoms. The van der Waals surface area contributed by atoms with Gasteiger partial charge >= 0.3 is 0 Å². The van der Waals surface area contributed by atoms with E-state index in [0.29, 0.717) is 22.8 Å². The lowest BCUT2D eigenvalue weighted by Gasteiger charge is -2.36. The van der Waals surface area contributed by atoms with Gasteiger partial charge in [0.15, 0.2) is 5.65 Å². The number of carbonyl (C=O) groups is 1. The first-order valence-electron chi connectivity index (χ1n) is 9.22. The van der Waals surface area contributed by atoms with Crippen LogP contribution < -0.4 is 5.32 Å². The topological polar surface area (TPSA) is 88.8 Å². The molecule has 3 aromatic heterocycles. The minimum absolute atomic E-state index is 0.101. The second kappa shape index (κ2) is 7.40. The van der Waals surface area contributed by atoms with Crippen LogP contribution in [0.3, 0.4) is 0 Å². The molecule has 1 unspecified atom stereocenters. The van der Waals surface area contributed by atoms with E-state index in [-0.39, 0.29) is 11.9 Å². The zero-order valence-electron chi connectivity index (χ0n) is 15.5. The summed E-state index contributed by atoms with van der Waals surface area (Å²) in [6.07, 6.45) is 7.12. The van der Waals surface area contributed by atoms with Crippen molar-refractivity contribution in [2.24, 2.45) is 7.05 Å². The molecular formula is C19H23N7O. The third kappa shape index (κ3) is 3.66. The lowest BCUT2D eigenvalue weighted by atomic mass is 10.0. The van der Waals surface area contributed by atoms with Crippen LogP contribution in [0.15, 0.2) is 36.8 Å². The third-order valence-electron chi connectivity index (χ3n) is 5.30. The molecule has 0 radical (unpaired) electrons. The van der Waals surface area contributed by atoms with Gasteiger partial charge in [-0.3, -0.25) is 14.7 Å². The molecule has 1 aliphatic rings. The van der Waals surface area contributed by atoms with Crippen molar-refractivity contribution in [3.63, 3.8) is 0 Å². The van der Waals surface area contributed by atoms with E-state index in [9.17, 15) is 4.79 Å². The van der Waals surface area contributed by atoms with Crippen molar-refractivity contribution < 1.29 is 4.79 Å². The molecule has 1 saturated heterocycles. The fourth-order valence-electron chi connectivity index (χ4n) is 3.60. The van der Waals surface area contributed by atoms with E-state index in [1.165, 1.54) is 5.56 Å². The fraction of sp³-hybridized carbons (Fsp3) is 0.421. The lowest BCUT2D eigenvalue weighted by Crippen LogP contribution is -2.45. The quantitative estimate of drug-likeness (QED) is 0.757. The van der Waals surface area contributed by atoms with Crippen LogP contribution in [0.5, 0.6) is 0 Å². The molecule has 8 nitrogen and oxygen atoms in total. The zero-order valence-corrected chi connectivity index (χ0v) is 15.5. The molecular weight excluding hydrogens is 342 g/mol. The average molecular weight is 365 g/mol. The van der Waals surface area contributed by atoms with Crippen molar-refractivity contribution in [2.75, 3.05) is 13.1 Å². The molecule has 3 aromatic rings. The number of nitrogens with zero attached hydrogens (tertiary/aromatic N) is 6. The molecule has 1 amide bonds. The second-order valence-corrected chi connectivity index (χ2v) is 7.02. The molecule has 140 valence electrons. The minimum Gasteiger partial charge on any atom is -0.349 e. The third-order valence-corrected chi connectivity index (χ3v) is 5.30. The first-order chi connectivity index (χ1) is 13.1. The summed E-state index contributed by atoms with van der Waals surface area (Å²) in [6, 6.07) is 6.40. The minimum atomic E-state index is -0.101. The van der Waals surface area contributed by atoms with Gasteiger partial charge in [-0.25, -0.2) is 9.67 Å². The number of aromatic nitrogens is 5. The van der Waals surface area contributed by atoms with Gasteiger partial charge in [0.1, 0.15) is 5.52 Å². The molecule has 1 fully saturated rings. The normalized spacial score (nSPS) is 17.1. The monoisotopic (exact) mass is 365 g/mol. The molecule has 1 aliphatic heterocycles. The number of fused-ring (bicyclic) bond motifs is 1. The van der Waals surface area contributed by atoms with Crippen LogP contribution in [0.4, 0.5) is 0 Å². The first-order valence-corrected chi connectivity index (χ1v) is 9.22. The number of hydrogen-bond donors (Lipinski definition) is 1. The van der Waals surface area contributed by atoms with Crippen molar-refractivity contribution in [1.29, 1.82) is 0 Å². The summed E-state index contributed by atoms with van der Waals surface area (Å²) in [5.74, 6) is -0.101. The largest absolute Gasteiger partial charge is 0.349 e. The average Bonchev–Trinajstić information content (AvgIpc) is 3.09. The maximum atomic E-state index is 12.6. The summed E-state index contributed by atoms with van der Waals surface area (Å²) < 4.78 is 1.59. The number of amides is 1. The Kier molecular flexibility index (Phi) is 4.81. The summed E-state index contributed by atoms with van der Waals surface area (Å²) in [7, 11) is 1.78. The number of hydrogen-bond acceptors (Lipinski definition) is 6. The molecule has 4 heterocycles. The van der Waals surface area contributed by atoms with Gasteiger partial charge in [0, 0.05) is 50.8 Å². The van der Waals surface area contributed by atoms with Gasteiger partial charge in [-0.1, -0.05) is 5.21 Å². The van der Waals surface area contributed by atoms with Crippen LogP contribution >= 0.6 is 0 Å². The summed E-state index contributed by atoms with van der Waals surface area (Å²) in [5, 5.41) is 11.1. The van der Waals surface area contributed by atoms with Crippen LogP contribution in [-0.2, 0) is 7.05 Å². The van der Waals surface area contributed by atoms with Crippen molar-refractivity contribution in [1.82, 2.24) is 35.2 Å². The van der Waals surface area contributed by atoms with E-state index in [0.717, 1.165) is 25.9 Å². The van der Waals surface area contributed by atoms with Gasteiger partial charge in [0.25, 0.3) is 5.91 Å². The molecule has 0 saturated carbocycles. The Bertz CT molecular complexity index is 932. The Hall–Kier alpha value is -2.87. The summed E-state index contributed by atoms with van der Waals surface area (Å²) in [6.45, 7) is 4.13. The highest BCUT2D eigenvalue weighted by molar-refractivity contribution is 5.96. The molecule has 1 N–H and O–H groups in total. The summed E-state index contributed by atoms with van der Waals surface area (Å²) in [5.41, 5.74) is 3.10. The Morgan fingerprint density at radius 1 is 1.26 bits per heavy atom. The maximum absolute atomic E-state index is 12.6. The van der Waals surface area contributed by atoms with Gasteiger partial charge < -0.3 is 5.32 Å². The number of likely N-dealkylation sites (tertiary alicyclic amines) is 1. The van der Waals surface area contributed by atoms with Crippen LogP contribution in [-0.4, -0.2) is 54.9 Å². The van der Waals surface area contributed by atoms with Crippen LogP contribution in [0, 0.1) is 0 Å². The molecule has 0 bridgehead atoms. The highest BCUT2D eigenvalue weighted by atomic mass is 16.1. The molecule has 4 rings (SSSR count). The highest BCUT2D eigenvalue weighted by Crippen LogP contribution is 2.23. The molecule has 1 atom stereocenters. The van der Waals surface area contributed by atoms with E-state index in [1.807, 2.05) is 12.4 Å². The number of carbonyl (C=O) groups excluding carboxylic acids is 1. The molecule has 8 heteroatoms. The van der Waals surface area contributed by atoms with Gasteiger partial charge in [-0.2, -0.15) is 0 Å². The molecule has 0 aliphatic carbocycles. The Balaban J connectivity index is 1.35. The van der Waals surface area contributed by atoms with E-state index in [4.69, 9.17) is 0 Å². The maximum Gasteiger partial charge on any atom is 0.253 e. The van der Waals surface area contributed by atoms with Gasteiger partial charge in [0.2, 0.25) is 0 Å². The van der Waals surface area contributed by atoms with Crippen molar-refractivity contribution in [2.45, 2.75) is 31.8 Å². The number of pyridine rings is 2. The highest BCUT2D eigenvalue weighted by Gasteiger charge is 2.25. The van der Waals surface area contributed by atoms with E-state index >= 15 is 0 Å². The molecule has 27 heavy (non-hydrogen) atoms. The van der Waals surface area contributed by atoms with Crippen molar-refractivity contribution in [3.8, 4) is 0 Å². The Morgan fingerprint density at radius 2 is 2.00 bits per heavy atom. The van der Waals surface area contributed by atoms with E-state index in [1.54, 1.807) is 24.0 Å². The van der Waals surface area contributed by atoms with Crippen molar-refractivity contribution >= 4 is 17.1 Å². The van der Waals surface area contributed by atoms with E-state index in [2.05, 4.69) is 49.6 Å². The van der Waals surface area contributed by atoms with Crippen LogP contribution in [0.1, 0.15) is 41.7 Å². The summed E-state index contributed by atoms with van der Waals surface area (Å²) in [4.78, 5) is 23.4. The van der Waals surface area contributed by atoms with Crippen molar-refractivity contribution in [3.05, 3.63) is 47.9 Å². The summed E-state index contributed by atoms with van der Waals surface area (Å²) >= 11 is 0. The van der Waals surface area contributed by atoms with E-state index < -0.39 is 0 Å². The smallest absolute Gasteiger partial charge is 0.253 e. The number of piperidine rings is 1. The predicted octanol–water partition coefficient (Wildman–Crippen LogP) is 1.71. The second-order valence-electron chi connectivity index (χ2n) is 7.02. The number of nitrogens with one attached hydrogen (secondary N) is 1. The van der Waals surface area contributed by atoms with Crippen LogP contribution in [0.2, 0.25) is 0 Å². The predicted molar refractivity (Wildman–Crippen MR) is 101 cm³/mol. The van der Waals surface area contributed by atoms with Gasteiger partial charge in [-0.15, -0.1) is 5.10 Å². The standard InChI is InChI=1S/C19H23N7O/c1-13(14-3-7-20-8-4-14)26-9-5-16(6-10-26)22-19(27)15-11-17-18(21-12-15)25(2)24-23-17/h3-4,7-8,11-13,16H,5-6,9-10H2,1-2H3,(H,22,27). The van der Waals surface area contributed by atoms with Gasteiger partial charge in [-0.05, 0) is 43.5 Å². The zero-order chi connectivity index (χ0) is 18.8. The fourth-order valence-corrected chi connectivity index (χ4v) is 3.60. The number of aryl methyl sites for hydroxylation is 1. The Morgan fingerprint density at radius 3 is 2.74 bits per heavy atom. The first kappa shape index (κ1) is 17.5. The lowest BCUT2D eigenvalue weighted by molar-refractivity contribution is 0.0895. The SMILES string of the molecule is CC(c1ccncc1)N1CCC(NC(=O)c2cnc3c(c2)nnn3C)CC1. The number of rotatable bonds is 4.